The first-order chi connectivity index (χ1) is 11.6. The monoisotopic (exact) mass is 343 g/mol. The number of nitrogens with zero attached hydrogens (tertiary/aromatic N) is 3. The smallest absolute Gasteiger partial charge is 0.183 e. The summed E-state index contributed by atoms with van der Waals surface area (Å²) in [5.41, 5.74) is 2.33. The first-order valence-corrected chi connectivity index (χ1v) is 8.39. The van der Waals surface area contributed by atoms with Crippen molar-refractivity contribution in [2.75, 3.05) is 5.32 Å². The van der Waals surface area contributed by atoms with Crippen LogP contribution >= 0.6 is 11.6 Å². The van der Waals surface area contributed by atoms with Crippen molar-refractivity contribution >= 4 is 28.6 Å². The molecule has 2 aromatic heterocycles. The largest absolute Gasteiger partial charge is 0.393 e. The molecule has 4 rings (SSSR count). The second-order valence-corrected chi connectivity index (χ2v) is 6.81. The van der Waals surface area contributed by atoms with Crippen LogP contribution in [0, 0.1) is 5.92 Å². The molecule has 1 saturated carbocycles. The maximum atomic E-state index is 9.93. The average molecular weight is 344 g/mol. The van der Waals surface area contributed by atoms with E-state index in [1.165, 1.54) is 6.33 Å². The van der Waals surface area contributed by atoms with E-state index in [1.807, 2.05) is 24.3 Å². The van der Waals surface area contributed by atoms with Crippen LogP contribution in [0.15, 0.2) is 30.6 Å². The second-order valence-electron chi connectivity index (χ2n) is 6.37. The number of aliphatic hydroxyl groups excluding tert-OH is 1. The summed E-state index contributed by atoms with van der Waals surface area (Å²) in [6.45, 7) is 2.07. The molecule has 3 aromatic rings. The summed E-state index contributed by atoms with van der Waals surface area (Å²) in [5.74, 6) is 1.75. The zero-order valence-corrected chi connectivity index (χ0v) is 14.0. The van der Waals surface area contributed by atoms with Crippen LogP contribution in [0.5, 0.6) is 0 Å². The van der Waals surface area contributed by atoms with Gasteiger partial charge < -0.3 is 15.4 Å². The highest BCUT2D eigenvalue weighted by Gasteiger charge is 2.30. The van der Waals surface area contributed by atoms with Crippen LogP contribution in [0.4, 0.5) is 5.82 Å². The highest BCUT2D eigenvalue weighted by molar-refractivity contribution is 6.30. The number of nitrogens with one attached hydrogen (secondary N) is 2. The van der Waals surface area contributed by atoms with Gasteiger partial charge in [0.15, 0.2) is 11.5 Å². The molecule has 6 nitrogen and oxygen atoms in total. The summed E-state index contributed by atoms with van der Waals surface area (Å²) in [6.07, 6.45) is 2.90. The van der Waals surface area contributed by atoms with Gasteiger partial charge in [0.1, 0.15) is 17.7 Å². The number of aromatic amines is 1. The number of imidazole rings is 1. The zero-order valence-electron chi connectivity index (χ0n) is 13.2. The van der Waals surface area contributed by atoms with Crippen LogP contribution in [0.25, 0.3) is 22.6 Å². The van der Waals surface area contributed by atoms with Gasteiger partial charge in [-0.15, -0.1) is 0 Å². The molecule has 124 valence electrons. The first-order valence-electron chi connectivity index (χ1n) is 8.01. The number of benzene rings is 1. The minimum atomic E-state index is -0.258. The topological polar surface area (TPSA) is 86.7 Å². The highest BCUT2D eigenvalue weighted by atomic mass is 35.5. The number of hydrogen-bond donors (Lipinski definition) is 3. The van der Waals surface area contributed by atoms with Crippen molar-refractivity contribution in [3.63, 3.8) is 0 Å². The Morgan fingerprint density at radius 2 is 2.00 bits per heavy atom. The van der Waals surface area contributed by atoms with Crippen molar-refractivity contribution in [2.45, 2.75) is 31.9 Å². The molecule has 1 aliphatic rings. The SMILES string of the molecule is C[C@H]1C[C@@H](Nc2ncnc3nc(-c4ccc(Cl)cc4)[nH]c23)C[C@H]1O. The fourth-order valence-corrected chi connectivity index (χ4v) is 3.35. The lowest BCUT2D eigenvalue weighted by Crippen LogP contribution is -2.17. The van der Waals surface area contributed by atoms with Crippen LogP contribution < -0.4 is 5.32 Å². The molecule has 0 saturated heterocycles. The van der Waals surface area contributed by atoms with Gasteiger partial charge in [-0.1, -0.05) is 18.5 Å². The van der Waals surface area contributed by atoms with Crippen molar-refractivity contribution < 1.29 is 5.11 Å². The fourth-order valence-electron chi connectivity index (χ4n) is 3.22. The summed E-state index contributed by atoms with van der Waals surface area (Å²) in [6, 6.07) is 7.69. The van der Waals surface area contributed by atoms with Gasteiger partial charge in [-0.05, 0) is 43.0 Å². The van der Waals surface area contributed by atoms with Crippen LogP contribution in [0.1, 0.15) is 19.8 Å². The molecule has 1 aromatic carbocycles. The standard InChI is InChI=1S/C17H18ClN5O/c1-9-6-12(7-13(9)24)21-16-14-17(20-8-19-16)23-15(22-14)10-2-4-11(18)5-3-10/h2-5,8-9,12-13,24H,6-7H2,1H3,(H2,19,20,21,22,23)/t9-,12+,13+/m0/s1. The predicted octanol–water partition coefficient (Wildman–Crippen LogP) is 3.24. The van der Waals surface area contributed by atoms with Crippen LogP contribution in [-0.2, 0) is 0 Å². The van der Waals surface area contributed by atoms with Gasteiger partial charge in [0, 0.05) is 16.6 Å². The number of halogens is 1. The van der Waals surface area contributed by atoms with Gasteiger partial charge >= 0.3 is 0 Å². The zero-order chi connectivity index (χ0) is 16.7. The Hall–Kier alpha value is -2.18. The summed E-state index contributed by atoms with van der Waals surface area (Å²) in [4.78, 5) is 16.4. The molecule has 24 heavy (non-hydrogen) atoms. The summed E-state index contributed by atoms with van der Waals surface area (Å²) >= 11 is 5.94. The number of hydrogen-bond acceptors (Lipinski definition) is 5. The third-order valence-corrected chi connectivity index (χ3v) is 4.84. The molecular formula is C17H18ClN5O. The van der Waals surface area contributed by atoms with E-state index in [4.69, 9.17) is 11.6 Å². The molecule has 3 atom stereocenters. The summed E-state index contributed by atoms with van der Waals surface area (Å²) < 4.78 is 0. The molecule has 1 aliphatic carbocycles. The molecule has 2 heterocycles. The van der Waals surface area contributed by atoms with Crippen molar-refractivity contribution in [2.24, 2.45) is 5.92 Å². The fraction of sp³-hybridized carbons (Fsp3) is 0.353. The number of fused-ring (bicyclic) bond motifs is 1. The van der Waals surface area contributed by atoms with Crippen LogP contribution in [0.2, 0.25) is 5.02 Å². The normalized spacial score (nSPS) is 23.7. The number of aliphatic hydroxyl groups is 1. The van der Waals surface area contributed by atoms with E-state index in [1.54, 1.807) is 0 Å². The van der Waals surface area contributed by atoms with E-state index < -0.39 is 0 Å². The number of H-pyrrole nitrogens is 1. The van der Waals surface area contributed by atoms with Gasteiger partial charge in [-0.25, -0.2) is 15.0 Å². The molecule has 0 aliphatic heterocycles. The minimum Gasteiger partial charge on any atom is -0.393 e. The average Bonchev–Trinajstić information content (AvgIpc) is 3.13. The van der Waals surface area contributed by atoms with E-state index in [9.17, 15) is 5.11 Å². The molecule has 0 unspecified atom stereocenters. The first kappa shape index (κ1) is 15.4. The van der Waals surface area contributed by atoms with Gasteiger partial charge in [0.25, 0.3) is 0 Å². The lowest BCUT2D eigenvalue weighted by atomic mass is 10.1. The van der Waals surface area contributed by atoms with E-state index in [-0.39, 0.29) is 12.1 Å². The van der Waals surface area contributed by atoms with E-state index >= 15 is 0 Å². The number of anilines is 1. The van der Waals surface area contributed by atoms with Gasteiger partial charge in [0.2, 0.25) is 0 Å². The predicted molar refractivity (Wildman–Crippen MR) is 93.9 cm³/mol. The van der Waals surface area contributed by atoms with Gasteiger partial charge in [-0.2, -0.15) is 0 Å². The number of rotatable bonds is 3. The highest BCUT2D eigenvalue weighted by Crippen LogP contribution is 2.30. The maximum absolute atomic E-state index is 9.93. The van der Waals surface area contributed by atoms with Crippen LogP contribution in [-0.4, -0.2) is 37.2 Å². The molecule has 7 heteroatoms. The Morgan fingerprint density at radius 3 is 2.71 bits per heavy atom. The third-order valence-electron chi connectivity index (χ3n) is 4.59. The molecule has 0 radical (unpaired) electrons. The van der Waals surface area contributed by atoms with Gasteiger partial charge in [-0.3, -0.25) is 0 Å². The second kappa shape index (κ2) is 6.03. The van der Waals surface area contributed by atoms with Crippen molar-refractivity contribution in [1.82, 2.24) is 19.9 Å². The Kier molecular flexibility index (Phi) is 3.86. The van der Waals surface area contributed by atoms with Crippen molar-refractivity contribution in [3.05, 3.63) is 35.6 Å². The minimum absolute atomic E-state index is 0.204. The lowest BCUT2D eigenvalue weighted by Gasteiger charge is -2.12. The molecular weight excluding hydrogens is 326 g/mol. The Morgan fingerprint density at radius 1 is 1.21 bits per heavy atom. The molecule has 0 bridgehead atoms. The maximum Gasteiger partial charge on any atom is 0.183 e. The van der Waals surface area contributed by atoms with E-state index in [2.05, 4.69) is 32.2 Å². The van der Waals surface area contributed by atoms with E-state index in [0.717, 1.165) is 35.6 Å². The van der Waals surface area contributed by atoms with Crippen molar-refractivity contribution in [1.29, 1.82) is 0 Å². The molecule has 0 spiro atoms. The summed E-state index contributed by atoms with van der Waals surface area (Å²) in [5, 5.41) is 14.0. The Balaban J connectivity index is 1.66. The van der Waals surface area contributed by atoms with Crippen molar-refractivity contribution in [3.8, 4) is 11.4 Å². The molecule has 1 fully saturated rings. The third kappa shape index (κ3) is 2.83. The lowest BCUT2D eigenvalue weighted by molar-refractivity contribution is 0.141. The van der Waals surface area contributed by atoms with Crippen LogP contribution in [0.3, 0.4) is 0 Å². The Labute approximate surface area is 144 Å². The molecule has 0 amide bonds. The quantitative estimate of drug-likeness (QED) is 0.679. The van der Waals surface area contributed by atoms with E-state index in [0.29, 0.717) is 16.6 Å². The summed E-state index contributed by atoms with van der Waals surface area (Å²) in [7, 11) is 0. The Bertz CT molecular complexity index is 853. The number of aromatic nitrogens is 4. The molecule has 3 N–H and O–H groups in total. The van der Waals surface area contributed by atoms with Gasteiger partial charge in [0.05, 0.1) is 6.10 Å².